The number of nitrogens with zero attached hydrogens (tertiary/aromatic N) is 1. The number of hydrogen-bond donors (Lipinski definition) is 0. The van der Waals surface area contributed by atoms with Crippen molar-refractivity contribution in [2.45, 2.75) is 71.6 Å². The number of hydrogen-bond acceptors (Lipinski definition) is 7. The Morgan fingerprint density at radius 1 is 0.690 bits per heavy atom. The molecular formula is C35H43NO6. The summed E-state index contributed by atoms with van der Waals surface area (Å²) in [6.07, 6.45) is 11.9. The van der Waals surface area contributed by atoms with E-state index in [0.29, 0.717) is 36.7 Å². The lowest BCUT2D eigenvalue weighted by molar-refractivity contribution is -0.139. The van der Waals surface area contributed by atoms with Crippen molar-refractivity contribution >= 4 is 11.9 Å². The van der Waals surface area contributed by atoms with Crippen LogP contribution in [0.2, 0.25) is 0 Å². The van der Waals surface area contributed by atoms with E-state index in [1.165, 1.54) is 32.1 Å². The lowest BCUT2D eigenvalue weighted by Crippen LogP contribution is -2.08. The molecule has 3 aromatic rings. The molecule has 42 heavy (non-hydrogen) atoms. The third-order valence-electron chi connectivity index (χ3n) is 6.64. The van der Waals surface area contributed by atoms with E-state index >= 15 is 0 Å². The molecule has 0 bridgehead atoms. The number of ether oxygens (including phenoxy) is 4. The summed E-state index contributed by atoms with van der Waals surface area (Å²) >= 11 is 0. The van der Waals surface area contributed by atoms with Crippen LogP contribution in [0.15, 0.2) is 79.0 Å². The molecule has 1 heterocycles. The van der Waals surface area contributed by atoms with Gasteiger partial charge >= 0.3 is 11.9 Å². The van der Waals surface area contributed by atoms with Crippen molar-refractivity contribution in [1.82, 2.24) is 4.98 Å². The number of pyridine rings is 1. The molecule has 0 fully saturated rings. The van der Waals surface area contributed by atoms with Crippen molar-refractivity contribution in [3.63, 3.8) is 0 Å². The van der Waals surface area contributed by atoms with Crippen molar-refractivity contribution in [3.05, 3.63) is 84.6 Å². The molecule has 7 heteroatoms. The molecule has 0 aliphatic rings. The molecular weight excluding hydrogens is 530 g/mol. The first-order valence-corrected chi connectivity index (χ1v) is 14.9. The Balaban J connectivity index is 1.25. The van der Waals surface area contributed by atoms with Crippen LogP contribution in [-0.2, 0) is 9.53 Å². The first kappa shape index (κ1) is 32.4. The summed E-state index contributed by atoms with van der Waals surface area (Å²) in [7, 11) is 0. The molecule has 0 radical (unpaired) electrons. The molecule has 0 spiro atoms. The Hall–Kier alpha value is -4.13. The first-order valence-electron chi connectivity index (χ1n) is 14.9. The fourth-order valence-corrected chi connectivity index (χ4v) is 4.27. The molecule has 0 amide bonds. The number of esters is 2. The predicted octanol–water partition coefficient (Wildman–Crippen LogP) is 8.38. The summed E-state index contributed by atoms with van der Waals surface area (Å²) < 4.78 is 21.9. The van der Waals surface area contributed by atoms with Crippen LogP contribution < -0.4 is 14.2 Å². The first-order chi connectivity index (χ1) is 20.5. The Morgan fingerprint density at radius 3 is 1.83 bits per heavy atom. The third-order valence-corrected chi connectivity index (χ3v) is 6.64. The van der Waals surface area contributed by atoms with Crippen molar-refractivity contribution in [2.24, 2.45) is 0 Å². The minimum absolute atomic E-state index is 0.297. The average molecular weight is 574 g/mol. The molecule has 0 saturated heterocycles. The third kappa shape index (κ3) is 11.8. The van der Waals surface area contributed by atoms with Crippen LogP contribution in [0.5, 0.6) is 17.2 Å². The highest BCUT2D eigenvalue weighted by Gasteiger charge is 2.10. The lowest BCUT2D eigenvalue weighted by Gasteiger charge is -2.08. The van der Waals surface area contributed by atoms with Crippen LogP contribution in [0.1, 0.15) is 82.0 Å². The maximum atomic E-state index is 12.6. The van der Waals surface area contributed by atoms with E-state index in [2.05, 4.69) is 11.6 Å². The SMILES string of the molecule is C=C(C)C(=O)OCCCCCCCCCCCOc1ccc(C(=O)Oc2ccc(-c3ccc(OCC)cn3)cc2)cc1. The number of carbonyl (C=O) groups is 2. The number of aromatic nitrogens is 1. The maximum absolute atomic E-state index is 12.6. The molecule has 0 saturated carbocycles. The van der Waals surface area contributed by atoms with Gasteiger partial charge in [0.15, 0.2) is 0 Å². The van der Waals surface area contributed by atoms with Gasteiger partial charge in [-0.1, -0.05) is 51.5 Å². The second-order valence-corrected chi connectivity index (χ2v) is 10.2. The summed E-state index contributed by atoms with van der Waals surface area (Å²) in [5.41, 5.74) is 2.66. The topological polar surface area (TPSA) is 84.0 Å². The minimum atomic E-state index is -0.417. The smallest absolute Gasteiger partial charge is 0.343 e. The van der Waals surface area contributed by atoms with Crippen LogP contribution >= 0.6 is 0 Å². The predicted molar refractivity (Wildman–Crippen MR) is 165 cm³/mol. The normalized spacial score (nSPS) is 10.6. The van der Waals surface area contributed by atoms with Crippen molar-refractivity contribution in [2.75, 3.05) is 19.8 Å². The molecule has 7 nitrogen and oxygen atoms in total. The Morgan fingerprint density at radius 2 is 1.26 bits per heavy atom. The monoisotopic (exact) mass is 573 g/mol. The summed E-state index contributed by atoms with van der Waals surface area (Å²) in [4.78, 5) is 28.3. The molecule has 0 aliphatic carbocycles. The van der Waals surface area contributed by atoms with Gasteiger partial charge in [-0.3, -0.25) is 4.98 Å². The van der Waals surface area contributed by atoms with E-state index < -0.39 is 5.97 Å². The molecule has 2 aromatic carbocycles. The van der Waals surface area contributed by atoms with Crippen LogP contribution in [0.3, 0.4) is 0 Å². The van der Waals surface area contributed by atoms with E-state index in [1.807, 2.05) is 31.2 Å². The maximum Gasteiger partial charge on any atom is 0.343 e. The highest BCUT2D eigenvalue weighted by molar-refractivity contribution is 5.91. The summed E-state index contributed by atoms with van der Waals surface area (Å²) in [5, 5.41) is 0. The number of carbonyl (C=O) groups excluding carboxylic acids is 2. The number of benzene rings is 2. The molecule has 0 aliphatic heterocycles. The molecule has 0 unspecified atom stereocenters. The standard InChI is InChI=1S/C35H43NO6/c1-4-39-32-22-23-33(36-26-32)28-14-20-31(21-15-28)42-35(38)29-16-18-30(19-17-29)40-24-12-10-8-6-5-7-9-11-13-25-41-34(37)27(2)3/h14-23,26H,2,4-13,24-25H2,1,3H3. The number of unbranched alkanes of at least 4 members (excludes halogenated alkanes) is 8. The summed E-state index contributed by atoms with van der Waals surface area (Å²) in [5.74, 6) is 1.23. The van der Waals surface area contributed by atoms with Crippen molar-refractivity contribution in [1.29, 1.82) is 0 Å². The summed E-state index contributed by atoms with van der Waals surface area (Å²) in [6.45, 7) is 8.91. The van der Waals surface area contributed by atoms with Crippen LogP contribution in [-0.4, -0.2) is 36.7 Å². The lowest BCUT2D eigenvalue weighted by atomic mass is 10.1. The largest absolute Gasteiger partial charge is 0.494 e. The zero-order valence-electron chi connectivity index (χ0n) is 24.9. The Labute approximate surface area is 249 Å². The second-order valence-electron chi connectivity index (χ2n) is 10.2. The highest BCUT2D eigenvalue weighted by atomic mass is 16.5. The van der Waals surface area contributed by atoms with Gasteiger partial charge in [0.2, 0.25) is 0 Å². The molecule has 1 aromatic heterocycles. The van der Waals surface area contributed by atoms with Crippen LogP contribution in [0, 0.1) is 0 Å². The van der Waals surface area contributed by atoms with E-state index in [0.717, 1.165) is 48.4 Å². The van der Waals surface area contributed by atoms with Gasteiger partial charge in [0.05, 0.1) is 37.3 Å². The van der Waals surface area contributed by atoms with Crippen molar-refractivity contribution < 1.29 is 28.5 Å². The van der Waals surface area contributed by atoms with Gasteiger partial charge in [0.25, 0.3) is 0 Å². The van der Waals surface area contributed by atoms with Gasteiger partial charge in [-0.25, -0.2) is 9.59 Å². The quantitative estimate of drug-likeness (QED) is 0.0616. The zero-order chi connectivity index (χ0) is 30.0. The Bertz CT molecular complexity index is 1240. The van der Waals surface area contributed by atoms with Crippen molar-refractivity contribution in [3.8, 4) is 28.5 Å². The fraction of sp³-hybridized carbons (Fsp3) is 0.400. The fourth-order valence-electron chi connectivity index (χ4n) is 4.27. The van der Waals surface area contributed by atoms with Gasteiger partial charge < -0.3 is 18.9 Å². The van der Waals surface area contributed by atoms with E-state index in [-0.39, 0.29) is 5.97 Å². The molecule has 224 valence electrons. The van der Waals surface area contributed by atoms with E-state index in [1.54, 1.807) is 49.5 Å². The highest BCUT2D eigenvalue weighted by Crippen LogP contribution is 2.23. The molecule has 0 atom stereocenters. The molecule has 3 rings (SSSR count). The van der Waals surface area contributed by atoms with Gasteiger partial charge in [0.1, 0.15) is 17.2 Å². The van der Waals surface area contributed by atoms with Gasteiger partial charge in [-0.2, -0.15) is 0 Å². The molecule has 0 N–H and O–H groups in total. The zero-order valence-corrected chi connectivity index (χ0v) is 24.9. The number of rotatable bonds is 19. The van der Waals surface area contributed by atoms with Gasteiger partial charge in [-0.05, 0) is 87.4 Å². The van der Waals surface area contributed by atoms with E-state index in [4.69, 9.17) is 18.9 Å². The van der Waals surface area contributed by atoms with Gasteiger partial charge in [0, 0.05) is 11.1 Å². The van der Waals surface area contributed by atoms with Crippen LogP contribution in [0.25, 0.3) is 11.3 Å². The second kappa shape index (κ2) is 18.3. The average Bonchev–Trinajstić information content (AvgIpc) is 3.00. The van der Waals surface area contributed by atoms with Gasteiger partial charge in [-0.15, -0.1) is 0 Å². The van der Waals surface area contributed by atoms with E-state index in [9.17, 15) is 9.59 Å². The Kier molecular flexibility index (Phi) is 14.1. The minimum Gasteiger partial charge on any atom is -0.494 e. The summed E-state index contributed by atoms with van der Waals surface area (Å²) in [6, 6.07) is 18.1. The van der Waals surface area contributed by atoms with Crippen LogP contribution in [0.4, 0.5) is 0 Å².